The number of rotatable bonds is 8. The lowest BCUT2D eigenvalue weighted by Gasteiger charge is -2.22. The van der Waals surface area contributed by atoms with E-state index in [1.165, 1.54) is 23.4 Å². The molecule has 1 rings (SSSR count). The number of hydrogen-bond donors (Lipinski definition) is 1. The molecule has 9 heteroatoms. The van der Waals surface area contributed by atoms with Crippen LogP contribution in [0, 0.1) is 18.7 Å². The Bertz CT molecular complexity index is 746. The van der Waals surface area contributed by atoms with Gasteiger partial charge >= 0.3 is 0 Å². The van der Waals surface area contributed by atoms with E-state index >= 15 is 0 Å². The first kappa shape index (κ1) is 20.0. The summed E-state index contributed by atoms with van der Waals surface area (Å²) in [6, 6.07) is 3.50. The number of aryl methyl sites for hydroxylation is 1. The van der Waals surface area contributed by atoms with Gasteiger partial charge in [-0.1, -0.05) is 13.8 Å². The summed E-state index contributed by atoms with van der Waals surface area (Å²) >= 11 is 0. The summed E-state index contributed by atoms with van der Waals surface area (Å²) in [6.45, 7) is 5.53. The molecular formula is C14H23FN2O4S2. The number of benzene rings is 1. The van der Waals surface area contributed by atoms with Crippen molar-refractivity contribution in [2.75, 3.05) is 25.9 Å². The molecule has 132 valence electrons. The molecule has 0 aliphatic rings. The zero-order valence-electron chi connectivity index (χ0n) is 13.7. The minimum Gasteiger partial charge on any atom is -0.213 e. The molecule has 0 aromatic heterocycles. The van der Waals surface area contributed by atoms with Crippen molar-refractivity contribution in [2.24, 2.45) is 5.92 Å². The van der Waals surface area contributed by atoms with Crippen LogP contribution in [0.5, 0.6) is 0 Å². The van der Waals surface area contributed by atoms with Crippen molar-refractivity contribution in [3.8, 4) is 0 Å². The van der Waals surface area contributed by atoms with Crippen LogP contribution in [0.3, 0.4) is 0 Å². The number of sulfonamides is 2. The lowest BCUT2D eigenvalue weighted by molar-refractivity contribution is 0.372. The predicted molar refractivity (Wildman–Crippen MR) is 87.6 cm³/mol. The minimum atomic E-state index is -3.81. The van der Waals surface area contributed by atoms with Crippen LogP contribution in [0.1, 0.15) is 19.4 Å². The van der Waals surface area contributed by atoms with Crippen molar-refractivity contribution in [3.63, 3.8) is 0 Å². The van der Waals surface area contributed by atoms with Gasteiger partial charge in [0.05, 0.1) is 11.2 Å². The average molecular weight is 366 g/mol. The number of nitrogens with zero attached hydrogens (tertiary/aromatic N) is 1. The van der Waals surface area contributed by atoms with Gasteiger partial charge in [-0.15, -0.1) is 0 Å². The maximum Gasteiger partial charge on any atom is 0.240 e. The van der Waals surface area contributed by atoms with Crippen molar-refractivity contribution in [1.29, 1.82) is 0 Å². The smallest absolute Gasteiger partial charge is 0.213 e. The normalized spacial score (nSPS) is 13.0. The first-order valence-electron chi connectivity index (χ1n) is 7.14. The Balaban J connectivity index is 2.77. The van der Waals surface area contributed by atoms with E-state index in [-0.39, 0.29) is 29.5 Å². The molecule has 0 saturated carbocycles. The molecule has 0 heterocycles. The second-order valence-corrected chi connectivity index (χ2v) is 9.57. The van der Waals surface area contributed by atoms with E-state index in [0.717, 1.165) is 12.3 Å². The van der Waals surface area contributed by atoms with Crippen LogP contribution in [0.2, 0.25) is 0 Å². The van der Waals surface area contributed by atoms with Gasteiger partial charge in [-0.2, -0.15) is 0 Å². The van der Waals surface area contributed by atoms with E-state index in [2.05, 4.69) is 4.72 Å². The first-order valence-corrected chi connectivity index (χ1v) is 10.5. The lowest BCUT2D eigenvalue weighted by Crippen LogP contribution is -2.39. The Morgan fingerprint density at radius 1 is 1.22 bits per heavy atom. The quantitative estimate of drug-likeness (QED) is 0.752. The maximum atomic E-state index is 13.2. The number of halogens is 1. The van der Waals surface area contributed by atoms with Crippen LogP contribution in [-0.4, -0.2) is 47.0 Å². The molecule has 1 aromatic rings. The minimum absolute atomic E-state index is 0.0381. The highest BCUT2D eigenvalue weighted by atomic mass is 32.2. The van der Waals surface area contributed by atoms with Gasteiger partial charge in [0.25, 0.3) is 0 Å². The van der Waals surface area contributed by atoms with Crippen molar-refractivity contribution in [2.45, 2.75) is 25.7 Å². The molecule has 6 nitrogen and oxygen atoms in total. The van der Waals surface area contributed by atoms with Crippen LogP contribution in [0.15, 0.2) is 23.1 Å². The van der Waals surface area contributed by atoms with Crippen LogP contribution < -0.4 is 4.72 Å². The third-order valence-electron chi connectivity index (χ3n) is 3.13. The van der Waals surface area contributed by atoms with Crippen LogP contribution in [-0.2, 0) is 20.0 Å². The first-order chi connectivity index (χ1) is 10.4. The zero-order chi connectivity index (χ0) is 17.8. The third-order valence-corrected chi connectivity index (χ3v) is 5.86. The fraction of sp³-hybridized carbons (Fsp3) is 0.571. The Morgan fingerprint density at radius 3 is 2.30 bits per heavy atom. The predicted octanol–water partition coefficient (Wildman–Crippen LogP) is 1.33. The molecule has 0 bridgehead atoms. The van der Waals surface area contributed by atoms with Crippen LogP contribution in [0.4, 0.5) is 4.39 Å². The molecule has 23 heavy (non-hydrogen) atoms. The van der Waals surface area contributed by atoms with E-state index in [4.69, 9.17) is 0 Å². The summed E-state index contributed by atoms with van der Waals surface area (Å²) in [5, 5.41) is 0. The Morgan fingerprint density at radius 2 is 1.83 bits per heavy atom. The molecule has 0 fully saturated rings. The summed E-state index contributed by atoms with van der Waals surface area (Å²) in [7, 11) is -7.21. The highest BCUT2D eigenvalue weighted by Crippen LogP contribution is 2.14. The van der Waals surface area contributed by atoms with Crippen molar-refractivity contribution in [3.05, 3.63) is 29.6 Å². The van der Waals surface area contributed by atoms with E-state index in [0.29, 0.717) is 6.54 Å². The second-order valence-electron chi connectivity index (χ2n) is 5.82. The van der Waals surface area contributed by atoms with Gasteiger partial charge in [0.15, 0.2) is 0 Å². The lowest BCUT2D eigenvalue weighted by atomic mass is 10.2. The van der Waals surface area contributed by atoms with Crippen molar-refractivity contribution < 1.29 is 21.2 Å². The Hall–Kier alpha value is -1.03. The van der Waals surface area contributed by atoms with Gasteiger partial charge in [0, 0.05) is 19.6 Å². The highest BCUT2D eigenvalue weighted by molar-refractivity contribution is 7.89. The Labute approximate surface area is 137 Å². The van der Waals surface area contributed by atoms with Gasteiger partial charge in [0.2, 0.25) is 20.0 Å². The molecule has 0 aliphatic heterocycles. The molecule has 1 aromatic carbocycles. The summed E-state index contributed by atoms with van der Waals surface area (Å²) in [5.41, 5.74) is 0.227. The maximum absolute atomic E-state index is 13.2. The molecule has 0 aliphatic carbocycles. The SMILES string of the molecule is Cc1cc(S(=O)(=O)NCCN(CC(C)C)S(C)(=O)=O)ccc1F. The molecule has 0 amide bonds. The summed E-state index contributed by atoms with van der Waals surface area (Å²) in [5.74, 6) is -0.356. The molecular weight excluding hydrogens is 343 g/mol. The third kappa shape index (κ3) is 6.17. The summed E-state index contributed by atoms with van der Waals surface area (Å²) < 4.78 is 64.4. The van der Waals surface area contributed by atoms with Gasteiger partial charge in [-0.05, 0) is 36.6 Å². The van der Waals surface area contributed by atoms with Crippen molar-refractivity contribution >= 4 is 20.0 Å². The van der Waals surface area contributed by atoms with Gasteiger partial charge in [-0.25, -0.2) is 30.3 Å². The largest absolute Gasteiger partial charge is 0.240 e. The number of nitrogens with one attached hydrogen (secondary N) is 1. The van der Waals surface area contributed by atoms with Gasteiger partial charge in [-0.3, -0.25) is 0 Å². The van der Waals surface area contributed by atoms with Gasteiger partial charge < -0.3 is 0 Å². The standard InChI is InChI=1S/C14H23FN2O4S2/c1-11(2)10-17(22(4,18)19)8-7-16-23(20,21)13-5-6-14(15)12(3)9-13/h5-6,9,11,16H,7-8,10H2,1-4H3. The molecule has 0 atom stereocenters. The van der Waals surface area contributed by atoms with E-state index < -0.39 is 25.9 Å². The van der Waals surface area contributed by atoms with Gasteiger partial charge in [0.1, 0.15) is 5.82 Å². The van der Waals surface area contributed by atoms with Crippen molar-refractivity contribution in [1.82, 2.24) is 9.03 Å². The zero-order valence-corrected chi connectivity index (χ0v) is 15.3. The highest BCUT2D eigenvalue weighted by Gasteiger charge is 2.20. The topological polar surface area (TPSA) is 83.6 Å². The molecule has 1 N–H and O–H groups in total. The fourth-order valence-electron chi connectivity index (χ4n) is 1.97. The Kier molecular flexibility index (Phi) is 6.70. The summed E-state index contributed by atoms with van der Waals surface area (Å²) in [6.07, 6.45) is 1.09. The summed E-state index contributed by atoms with van der Waals surface area (Å²) in [4.78, 5) is -0.0498. The fourth-order valence-corrected chi connectivity index (χ4v) is 4.07. The van der Waals surface area contributed by atoms with E-state index in [1.54, 1.807) is 0 Å². The number of hydrogen-bond acceptors (Lipinski definition) is 4. The molecule has 0 radical (unpaired) electrons. The van der Waals surface area contributed by atoms with Crippen LogP contribution in [0.25, 0.3) is 0 Å². The van der Waals surface area contributed by atoms with E-state index in [1.807, 2.05) is 13.8 Å². The van der Waals surface area contributed by atoms with E-state index in [9.17, 15) is 21.2 Å². The average Bonchev–Trinajstić information content (AvgIpc) is 2.39. The molecule has 0 unspecified atom stereocenters. The molecule has 0 saturated heterocycles. The monoisotopic (exact) mass is 366 g/mol. The second kappa shape index (κ2) is 7.69. The van der Waals surface area contributed by atoms with Crippen LogP contribution >= 0.6 is 0 Å². The molecule has 0 spiro atoms.